The highest BCUT2D eigenvalue weighted by atomic mass is 32.2. The highest BCUT2D eigenvalue weighted by molar-refractivity contribution is 7.92. The van der Waals surface area contributed by atoms with Gasteiger partial charge < -0.3 is 15.0 Å². The molecule has 0 radical (unpaired) electrons. The summed E-state index contributed by atoms with van der Waals surface area (Å²) in [6.07, 6.45) is 9.64. The van der Waals surface area contributed by atoms with E-state index in [1.54, 1.807) is 29.3 Å². The molecule has 2 aliphatic rings. The summed E-state index contributed by atoms with van der Waals surface area (Å²) in [5.74, 6) is 0. The molecule has 2 N–H and O–H groups in total. The summed E-state index contributed by atoms with van der Waals surface area (Å²) in [6, 6.07) is 11.1. The summed E-state index contributed by atoms with van der Waals surface area (Å²) in [5, 5.41) is 15.2. The number of nitrogens with one attached hydrogen (secondary N) is 1. The highest BCUT2D eigenvalue weighted by Crippen LogP contribution is 2.49. The van der Waals surface area contributed by atoms with Gasteiger partial charge in [0.25, 0.3) is 5.56 Å². The minimum Gasteiger partial charge on any atom is -0.387 e. The zero-order valence-corrected chi connectivity index (χ0v) is 18.6. The average Bonchev–Trinajstić information content (AvgIpc) is 3.17. The normalized spacial score (nSPS) is 23.6. The van der Waals surface area contributed by atoms with Gasteiger partial charge in [-0.25, -0.2) is 4.21 Å². The van der Waals surface area contributed by atoms with Crippen LogP contribution in [0.3, 0.4) is 0 Å². The van der Waals surface area contributed by atoms with Crippen molar-refractivity contribution in [3.63, 3.8) is 0 Å². The molecule has 1 atom stereocenters. The van der Waals surface area contributed by atoms with Crippen molar-refractivity contribution in [3.05, 3.63) is 52.9 Å². The van der Waals surface area contributed by atoms with E-state index in [1.807, 2.05) is 30.3 Å². The smallest absolute Gasteiger partial charge is 0.251 e. The maximum atomic E-state index is 13.1. The SMILES string of the molecule is CS(C)(=O)=Nc1cn(CC2(O)CCNCC23CCCC3)c(=O)cc1-c1ccccc1. The van der Waals surface area contributed by atoms with Crippen LogP contribution in [-0.2, 0) is 16.3 Å². The molecule has 162 valence electrons. The standard InChI is InChI=1S/C23H31N3O3S/c1-30(2,29)25-20-15-26(21(27)14-19(20)18-8-4-3-5-9-18)17-23(28)12-13-24-16-22(23)10-6-7-11-22/h3-5,8-9,14-15,24,28H,6-7,10-13,16-17H2,1-2H3. The van der Waals surface area contributed by atoms with E-state index in [1.165, 1.54) is 0 Å². The summed E-state index contributed by atoms with van der Waals surface area (Å²) in [6.45, 7) is 1.76. The van der Waals surface area contributed by atoms with Crippen molar-refractivity contribution < 1.29 is 9.32 Å². The largest absolute Gasteiger partial charge is 0.387 e. The van der Waals surface area contributed by atoms with Crippen molar-refractivity contribution in [2.24, 2.45) is 9.78 Å². The van der Waals surface area contributed by atoms with E-state index in [9.17, 15) is 14.1 Å². The fourth-order valence-electron chi connectivity index (χ4n) is 5.12. The maximum absolute atomic E-state index is 13.1. The van der Waals surface area contributed by atoms with Gasteiger partial charge in [-0.1, -0.05) is 43.2 Å². The van der Waals surface area contributed by atoms with Gasteiger partial charge in [-0.2, -0.15) is 4.36 Å². The van der Waals surface area contributed by atoms with E-state index in [0.717, 1.165) is 44.3 Å². The van der Waals surface area contributed by atoms with Crippen molar-refractivity contribution >= 4 is 15.4 Å². The average molecular weight is 430 g/mol. The molecule has 2 aromatic rings. The van der Waals surface area contributed by atoms with Crippen molar-refractivity contribution in [1.29, 1.82) is 0 Å². The molecule has 2 fully saturated rings. The van der Waals surface area contributed by atoms with Gasteiger partial charge in [0.1, 0.15) is 0 Å². The van der Waals surface area contributed by atoms with Crippen LogP contribution < -0.4 is 10.9 Å². The van der Waals surface area contributed by atoms with Gasteiger partial charge in [0.05, 0.1) is 17.8 Å². The predicted molar refractivity (Wildman–Crippen MR) is 122 cm³/mol. The van der Waals surface area contributed by atoms with Gasteiger partial charge in [-0.15, -0.1) is 0 Å². The quantitative estimate of drug-likeness (QED) is 0.782. The van der Waals surface area contributed by atoms with Crippen LogP contribution >= 0.6 is 0 Å². The van der Waals surface area contributed by atoms with Gasteiger partial charge in [-0.05, 0) is 31.4 Å². The van der Waals surface area contributed by atoms with Gasteiger partial charge in [-0.3, -0.25) is 4.79 Å². The minimum absolute atomic E-state index is 0.174. The molecule has 1 saturated carbocycles. The number of benzene rings is 1. The molecular formula is C23H31N3O3S. The predicted octanol–water partition coefficient (Wildman–Crippen LogP) is 3.16. The Labute approximate surface area is 178 Å². The van der Waals surface area contributed by atoms with E-state index in [0.29, 0.717) is 17.7 Å². The number of nitrogens with zero attached hydrogens (tertiary/aromatic N) is 2. The second-order valence-corrected chi connectivity index (χ2v) is 11.7. The molecule has 0 amide bonds. The molecule has 1 saturated heterocycles. The number of hydrogen-bond donors (Lipinski definition) is 2. The Bertz CT molecular complexity index is 1090. The van der Waals surface area contributed by atoms with Crippen LogP contribution in [0.15, 0.2) is 51.8 Å². The lowest BCUT2D eigenvalue weighted by Gasteiger charge is -2.49. The van der Waals surface area contributed by atoms with Crippen molar-refractivity contribution in [3.8, 4) is 11.1 Å². The van der Waals surface area contributed by atoms with Crippen LogP contribution in [0, 0.1) is 5.41 Å². The Morgan fingerprint density at radius 1 is 1.17 bits per heavy atom. The number of piperidine rings is 1. The van der Waals surface area contributed by atoms with E-state index in [4.69, 9.17) is 0 Å². The molecule has 30 heavy (non-hydrogen) atoms. The van der Waals surface area contributed by atoms with Crippen LogP contribution in [0.4, 0.5) is 5.69 Å². The molecule has 4 rings (SSSR count). The number of aliphatic hydroxyl groups is 1. The Hall–Kier alpha value is -1.96. The lowest BCUT2D eigenvalue weighted by atomic mass is 9.66. The molecule has 1 spiro atoms. The number of hydrogen-bond acceptors (Lipinski definition) is 5. The Kier molecular flexibility index (Phi) is 5.64. The molecule has 6 nitrogen and oxygen atoms in total. The zero-order chi connectivity index (χ0) is 21.4. The topological polar surface area (TPSA) is 83.7 Å². The molecule has 1 aliphatic heterocycles. The summed E-state index contributed by atoms with van der Waals surface area (Å²) >= 11 is 0. The van der Waals surface area contributed by atoms with Gasteiger partial charge in [0.15, 0.2) is 0 Å². The van der Waals surface area contributed by atoms with E-state index in [-0.39, 0.29) is 17.5 Å². The number of rotatable bonds is 4. The van der Waals surface area contributed by atoms with Gasteiger partial charge in [0, 0.05) is 52.0 Å². The Morgan fingerprint density at radius 2 is 1.87 bits per heavy atom. The molecule has 2 heterocycles. The van der Waals surface area contributed by atoms with Crippen molar-refractivity contribution in [2.75, 3.05) is 25.6 Å². The molecule has 1 aliphatic carbocycles. The first kappa shape index (κ1) is 21.3. The molecule has 1 aromatic carbocycles. The summed E-state index contributed by atoms with van der Waals surface area (Å²) in [5.41, 5.74) is 0.742. The Balaban J connectivity index is 1.80. The van der Waals surface area contributed by atoms with Crippen LogP contribution in [0.25, 0.3) is 11.1 Å². The highest BCUT2D eigenvalue weighted by Gasteiger charge is 2.53. The van der Waals surface area contributed by atoms with E-state index >= 15 is 0 Å². The number of aromatic nitrogens is 1. The van der Waals surface area contributed by atoms with Crippen LogP contribution in [0.5, 0.6) is 0 Å². The second kappa shape index (κ2) is 7.94. The fourth-order valence-corrected chi connectivity index (χ4v) is 5.74. The lowest BCUT2D eigenvalue weighted by molar-refractivity contribution is -0.115. The first-order chi connectivity index (χ1) is 14.2. The minimum atomic E-state index is -2.42. The summed E-state index contributed by atoms with van der Waals surface area (Å²) in [4.78, 5) is 13.1. The van der Waals surface area contributed by atoms with E-state index in [2.05, 4.69) is 9.68 Å². The van der Waals surface area contributed by atoms with Gasteiger partial charge in [0.2, 0.25) is 0 Å². The third-order valence-corrected chi connectivity index (χ3v) is 7.30. The van der Waals surface area contributed by atoms with E-state index < -0.39 is 15.3 Å². The molecule has 7 heteroatoms. The maximum Gasteiger partial charge on any atom is 0.251 e. The fraction of sp³-hybridized carbons (Fsp3) is 0.522. The molecule has 1 unspecified atom stereocenters. The third-order valence-electron chi connectivity index (χ3n) is 6.67. The Morgan fingerprint density at radius 3 is 2.53 bits per heavy atom. The van der Waals surface area contributed by atoms with Crippen LogP contribution in [-0.4, -0.2) is 45.1 Å². The monoisotopic (exact) mass is 429 g/mol. The number of pyridine rings is 1. The van der Waals surface area contributed by atoms with Crippen molar-refractivity contribution in [1.82, 2.24) is 9.88 Å². The molecule has 0 bridgehead atoms. The summed E-state index contributed by atoms with van der Waals surface area (Å²) < 4.78 is 18.5. The lowest BCUT2D eigenvalue weighted by Crippen LogP contribution is -2.60. The van der Waals surface area contributed by atoms with Crippen LogP contribution in [0.1, 0.15) is 32.1 Å². The first-order valence-corrected chi connectivity index (χ1v) is 12.9. The molecular weight excluding hydrogens is 398 g/mol. The zero-order valence-electron chi connectivity index (χ0n) is 17.8. The van der Waals surface area contributed by atoms with Crippen LogP contribution in [0.2, 0.25) is 0 Å². The third kappa shape index (κ3) is 4.11. The first-order valence-electron chi connectivity index (χ1n) is 10.6. The molecule has 1 aromatic heterocycles. The second-order valence-electron chi connectivity index (χ2n) is 9.12. The van der Waals surface area contributed by atoms with Gasteiger partial charge >= 0.3 is 0 Å². The van der Waals surface area contributed by atoms with Crippen molar-refractivity contribution in [2.45, 2.75) is 44.2 Å². The summed E-state index contributed by atoms with van der Waals surface area (Å²) in [7, 11) is -2.42.